The monoisotopic (exact) mass is 403 g/mol. The quantitative estimate of drug-likeness (QED) is 0.403. The van der Waals surface area contributed by atoms with Crippen molar-refractivity contribution in [2.24, 2.45) is 11.8 Å². The summed E-state index contributed by atoms with van der Waals surface area (Å²) >= 11 is 0. The van der Waals surface area contributed by atoms with Crippen molar-refractivity contribution in [2.75, 3.05) is 0 Å². The zero-order valence-electron chi connectivity index (χ0n) is 17.8. The first-order valence-corrected chi connectivity index (χ1v) is 11.1. The standard InChI is InChI=1S/C20H28NSi.3CH3.Ti/c1-20(2,3)21-22(4,17-11-6-5-7-12-17)19-15-14-16-10-8-9-13-18(16)19;;;;/h5-13,16,18-19H,14-15H2,1-4H3;3*1H3;/q4*-1;+4. The molecule has 1 fully saturated rings. The minimum atomic E-state index is -1.90. The van der Waals surface area contributed by atoms with Gasteiger partial charge in [-0.05, 0) is 26.5 Å². The van der Waals surface area contributed by atoms with Gasteiger partial charge in [-0.25, -0.2) is 0 Å². The predicted molar refractivity (Wildman–Crippen MR) is 118 cm³/mol. The molecular formula is C23H37NSiTi. The molecule has 0 amide bonds. The molecule has 0 bridgehead atoms. The predicted octanol–water partition coefficient (Wildman–Crippen LogP) is 6.51. The Labute approximate surface area is 179 Å². The molecule has 4 unspecified atom stereocenters. The number of nitrogens with zero attached hydrogens (tertiary/aromatic N) is 1. The van der Waals surface area contributed by atoms with E-state index in [1.54, 1.807) is 0 Å². The number of fused-ring (bicyclic) bond motifs is 1. The average molecular weight is 404 g/mol. The molecule has 3 rings (SSSR count). The van der Waals surface area contributed by atoms with E-state index in [-0.39, 0.29) is 49.5 Å². The zero-order valence-corrected chi connectivity index (χ0v) is 20.4. The van der Waals surface area contributed by atoms with Gasteiger partial charge in [0.25, 0.3) is 0 Å². The Hall–Kier alpha value is -0.409. The molecular weight excluding hydrogens is 366 g/mol. The third-order valence-corrected chi connectivity index (χ3v) is 9.98. The van der Waals surface area contributed by atoms with Gasteiger partial charge in [0.1, 0.15) is 0 Å². The van der Waals surface area contributed by atoms with E-state index in [0.717, 1.165) is 11.5 Å². The van der Waals surface area contributed by atoms with Crippen LogP contribution in [0.4, 0.5) is 0 Å². The zero-order chi connectivity index (χ0) is 15.8. The molecule has 1 saturated carbocycles. The van der Waals surface area contributed by atoms with Gasteiger partial charge in [-0.2, -0.15) is 0 Å². The van der Waals surface area contributed by atoms with Gasteiger partial charge in [-0.1, -0.05) is 99.1 Å². The van der Waals surface area contributed by atoms with Crippen molar-refractivity contribution < 1.29 is 21.7 Å². The van der Waals surface area contributed by atoms with Crippen LogP contribution < -0.4 is 5.19 Å². The van der Waals surface area contributed by atoms with Crippen molar-refractivity contribution in [3.63, 3.8) is 0 Å². The number of hydrogen-bond acceptors (Lipinski definition) is 0. The van der Waals surface area contributed by atoms with Crippen LogP contribution in [0.5, 0.6) is 0 Å². The second-order valence-corrected chi connectivity index (χ2v) is 11.8. The van der Waals surface area contributed by atoms with Crippen molar-refractivity contribution in [3.05, 3.63) is 81.9 Å². The molecule has 0 radical (unpaired) electrons. The Morgan fingerprint density at radius 1 is 0.923 bits per heavy atom. The molecule has 0 spiro atoms. The summed E-state index contributed by atoms with van der Waals surface area (Å²) in [6.45, 7) is 9.26. The Kier molecular flexibility index (Phi) is 11.6. The molecule has 26 heavy (non-hydrogen) atoms. The van der Waals surface area contributed by atoms with Gasteiger partial charge in [0.05, 0.1) is 0 Å². The van der Waals surface area contributed by atoms with E-state index in [4.69, 9.17) is 4.98 Å². The van der Waals surface area contributed by atoms with Crippen molar-refractivity contribution in [2.45, 2.75) is 51.2 Å². The van der Waals surface area contributed by atoms with Crippen LogP contribution in [-0.4, -0.2) is 13.8 Å². The van der Waals surface area contributed by atoms with E-state index in [0.29, 0.717) is 5.92 Å². The molecule has 1 aromatic carbocycles. The van der Waals surface area contributed by atoms with E-state index in [1.807, 2.05) is 0 Å². The Bertz CT molecular complexity index is 576. The van der Waals surface area contributed by atoms with Crippen LogP contribution in [0.3, 0.4) is 0 Å². The molecule has 1 aromatic rings. The molecule has 0 N–H and O–H groups in total. The molecule has 1 nitrogen and oxygen atoms in total. The van der Waals surface area contributed by atoms with Gasteiger partial charge in [0.15, 0.2) is 0 Å². The van der Waals surface area contributed by atoms with E-state index < -0.39 is 8.24 Å². The first-order valence-electron chi connectivity index (χ1n) is 8.55. The van der Waals surface area contributed by atoms with Crippen LogP contribution in [0.2, 0.25) is 12.1 Å². The molecule has 2 aliphatic carbocycles. The fourth-order valence-corrected chi connectivity index (χ4v) is 9.27. The van der Waals surface area contributed by atoms with Gasteiger partial charge in [0, 0.05) is 0 Å². The topological polar surface area (TPSA) is 14.1 Å². The third kappa shape index (κ3) is 5.79. The summed E-state index contributed by atoms with van der Waals surface area (Å²) in [5, 5.41) is 1.50. The largest absolute Gasteiger partial charge is 4.00 e. The van der Waals surface area contributed by atoms with Crippen molar-refractivity contribution in [1.82, 2.24) is 0 Å². The van der Waals surface area contributed by atoms with Crippen LogP contribution in [0, 0.1) is 34.1 Å². The molecule has 2 aliphatic rings. The number of benzene rings is 1. The van der Waals surface area contributed by atoms with Crippen LogP contribution in [0.25, 0.3) is 4.98 Å². The molecule has 0 aromatic heterocycles. The van der Waals surface area contributed by atoms with E-state index in [2.05, 4.69) is 82.0 Å². The van der Waals surface area contributed by atoms with Crippen LogP contribution in [0.1, 0.15) is 33.6 Å². The van der Waals surface area contributed by atoms with Gasteiger partial charge in [0.2, 0.25) is 0 Å². The second-order valence-electron chi connectivity index (χ2n) is 7.99. The smallest absolute Gasteiger partial charge is 0.656 e. The minimum Gasteiger partial charge on any atom is -0.656 e. The maximum absolute atomic E-state index is 5.46. The summed E-state index contributed by atoms with van der Waals surface area (Å²) < 4.78 is 0. The molecule has 3 heteroatoms. The normalized spacial score (nSPS) is 25.5. The van der Waals surface area contributed by atoms with E-state index in [1.165, 1.54) is 18.0 Å². The second kappa shape index (κ2) is 10.8. The summed E-state index contributed by atoms with van der Waals surface area (Å²) in [6, 6.07) is 11.1. The summed E-state index contributed by atoms with van der Waals surface area (Å²) in [6.07, 6.45) is 12.0. The van der Waals surface area contributed by atoms with Gasteiger partial charge >= 0.3 is 21.7 Å². The third-order valence-electron chi connectivity index (χ3n) is 5.22. The van der Waals surface area contributed by atoms with Gasteiger partial charge in [-0.15, -0.1) is 5.54 Å². The van der Waals surface area contributed by atoms with Crippen LogP contribution >= 0.6 is 0 Å². The molecule has 0 heterocycles. The molecule has 4 atom stereocenters. The Morgan fingerprint density at radius 3 is 2.08 bits per heavy atom. The minimum absolute atomic E-state index is 0. The maximum Gasteiger partial charge on any atom is 4.00 e. The fraction of sp³-hybridized carbons (Fsp3) is 0.435. The first kappa shape index (κ1) is 27.8. The van der Waals surface area contributed by atoms with Crippen LogP contribution in [0.15, 0.2) is 54.6 Å². The van der Waals surface area contributed by atoms with Crippen molar-refractivity contribution in [1.29, 1.82) is 0 Å². The Balaban J connectivity index is 0. The molecule has 0 aliphatic heterocycles. The molecule has 142 valence electrons. The van der Waals surface area contributed by atoms with Gasteiger partial charge in [-0.3, -0.25) is 0 Å². The number of rotatable bonds is 3. The van der Waals surface area contributed by atoms with Crippen LogP contribution in [-0.2, 0) is 21.7 Å². The van der Waals surface area contributed by atoms with E-state index >= 15 is 0 Å². The van der Waals surface area contributed by atoms with Crippen molar-refractivity contribution in [3.8, 4) is 0 Å². The first-order chi connectivity index (χ1) is 10.4. The summed E-state index contributed by atoms with van der Waals surface area (Å²) in [5.41, 5.74) is 0.753. The maximum atomic E-state index is 5.46. The number of hydrogen-bond donors (Lipinski definition) is 0. The van der Waals surface area contributed by atoms with Gasteiger partial charge < -0.3 is 27.3 Å². The SMILES string of the molecule is CC(C)(C)[N-][Si](C)(c1ccccc1)C1CCC2C=CC=CC21.[CH3-].[CH3-].[CH3-].[Ti+4]. The summed E-state index contributed by atoms with van der Waals surface area (Å²) in [7, 11) is -1.90. The summed E-state index contributed by atoms with van der Waals surface area (Å²) in [5.74, 6) is 1.42. The average Bonchev–Trinajstić information content (AvgIpc) is 2.91. The fourth-order valence-electron chi connectivity index (χ4n) is 4.45. The molecule has 0 saturated heterocycles. The summed E-state index contributed by atoms with van der Waals surface area (Å²) in [4.78, 5) is 5.46. The Morgan fingerprint density at radius 2 is 1.50 bits per heavy atom. The van der Waals surface area contributed by atoms with E-state index in [9.17, 15) is 0 Å². The number of allylic oxidation sites excluding steroid dienone is 4. The van der Waals surface area contributed by atoms with Crippen molar-refractivity contribution >= 4 is 13.4 Å².